The molecule has 0 saturated carbocycles. The number of unbranched alkanes of at least 4 members (excludes halogenated alkanes) is 2. The van der Waals surface area contributed by atoms with E-state index in [9.17, 15) is 4.79 Å². The molecule has 1 amide bonds. The van der Waals surface area contributed by atoms with E-state index in [1.807, 2.05) is 6.07 Å². The van der Waals surface area contributed by atoms with Gasteiger partial charge in [0.25, 0.3) is 5.91 Å². The second kappa shape index (κ2) is 7.79. The summed E-state index contributed by atoms with van der Waals surface area (Å²) in [7, 11) is 0. The van der Waals surface area contributed by atoms with Gasteiger partial charge in [0, 0.05) is 13.2 Å². The molecule has 110 valence electrons. The lowest BCUT2D eigenvalue weighted by molar-refractivity contribution is -0.124. The van der Waals surface area contributed by atoms with Gasteiger partial charge in [0.05, 0.1) is 0 Å². The summed E-state index contributed by atoms with van der Waals surface area (Å²) in [5.74, 6) is 1.06. The predicted octanol–water partition coefficient (Wildman–Crippen LogP) is 2.20. The molecule has 2 heterocycles. The van der Waals surface area contributed by atoms with E-state index < -0.39 is 0 Å². The van der Waals surface area contributed by atoms with Crippen molar-refractivity contribution in [2.24, 2.45) is 0 Å². The first-order valence-corrected chi connectivity index (χ1v) is 7.29. The monoisotopic (exact) mass is 278 g/mol. The van der Waals surface area contributed by atoms with Crippen LogP contribution in [0.4, 0.5) is 11.6 Å². The highest BCUT2D eigenvalue weighted by molar-refractivity contribution is 5.93. The first kappa shape index (κ1) is 14.7. The van der Waals surface area contributed by atoms with Crippen molar-refractivity contribution < 1.29 is 9.53 Å². The van der Waals surface area contributed by atoms with Crippen molar-refractivity contribution >= 4 is 17.5 Å². The summed E-state index contributed by atoms with van der Waals surface area (Å²) in [5.41, 5.74) is 0. The van der Waals surface area contributed by atoms with Crippen LogP contribution < -0.4 is 10.6 Å². The molecule has 1 atom stereocenters. The number of ether oxygens (including phenoxy) is 1. The van der Waals surface area contributed by atoms with Crippen LogP contribution in [0.1, 0.15) is 39.0 Å². The molecule has 1 fully saturated rings. The summed E-state index contributed by atoms with van der Waals surface area (Å²) in [4.78, 5) is 11.8. The SMILES string of the molecule is CCCCCNc1ccc(NC(=O)C2CCCO2)nn1. The molecule has 1 aromatic rings. The van der Waals surface area contributed by atoms with Crippen molar-refractivity contribution in [2.45, 2.75) is 45.1 Å². The molecular formula is C14H22N4O2. The Kier molecular flexibility index (Phi) is 5.73. The van der Waals surface area contributed by atoms with Crippen molar-refractivity contribution in [3.63, 3.8) is 0 Å². The number of carbonyl (C=O) groups is 1. The minimum absolute atomic E-state index is 0.138. The fraction of sp³-hybridized carbons (Fsp3) is 0.643. The topological polar surface area (TPSA) is 76.1 Å². The molecule has 6 nitrogen and oxygen atoms in total. The standard InChI is InChI=1S/C14H22N4O2/c1-2-3-4-9-15-12-7-8-13(18-17-12)16-14(19)11-6-5-10-20-11/h7-8,11H,2-6,9-10H2,1H3,(H,15,17)(H,16,18,19). The number of carbonyl (C=O) groups excluding carboxylic acids is 1. The Balaban J connectivity index is 1.77. The Bertz CT molecular complexity index is 416. The number of hydrogen-bond donors (Lipinski definition) is 2. The van der Waals surface area contributed by atoms with Gasteiger partial charge >= 0.3 is 0 Å². The molecule has 2 N–H and O–H groups in total. The molecule has 1 saturated heterocycles. The van der Waals surface area contributed by atoms with Gasteiger partial charge in [-0.3, -0.25) is 4.79 Å². The van der Waals surface area contributed by atoms with Crippen LogP contribution in [0.3, 0.4) is 0 Å². The Labute approximate surface area is 119 Å². The zero-order valence-corrected chi connectivity index (χ0v) is 11.9. The minimum Gasteiger partial charge on any atom is -0.369 e. The normalized spacial score (nSPS) is 17.9. The van der Waals surface area contributed by atoms with Crippen LogP contribution in [-0.2, 0) is 9.53 Å². The summed E-state index contributed by atoms with van der Waals surface area (Å²) >= 11 is 0. The second-order valence-electron chi connectivity index (χ2n) is 4.93. The first-order chi connectivity index (χ1) is 9.79. The molecule has 0 aliphatic carbocycles. The van der Waals surface area contributed by atoms with Crippen LogP contribution in [-0.4, -0.2) is 35.4 Å². The highest BCUT2D eigenvalue weighted by atomic mass is 16.5. The molecule has 1 aromatic heterocycles. The largest absolute Gasteiger partial charge is 0.369 e. The summed E-state index contributed by atoms with van der Waals surface area (Å²) in [6.07, 6.45) is 4.89. The zero-order valence-electron chi connectivity index (χ0n) is 11.9. The highest BCUT2D eigenvalue weighted by Gasteiger charge is 2.23. The molecule has 1 unspecified atom stereocenters. The third kappa shape index (κ3) is 4.45. The maximum absolute atomic E-state index is 11.8. The van der Waals surface area contributed by atoms with Crippen molar-refractivity contribution in [1.29, 1.82) is 0 Å². The third-order valence-corrected chi connectivity index (χ3v) is 3.22. The fourth-order valence-corrected chi connectivity index (χ4v) is 2.08. The quantitative estimate of drug-likeness (QED) is 0.748. The van der Waals surface area contributed by atoms with E-state index in [-0.39, 0.29) is 12.0 Å². The van der Waals surface area contributed by atoms with Crippen LogP contribution in [0, 0.1) is 0 Å². The summed E-state index contributed by atoms with van der Waals surface area (Å²) < 4.78 is 5.31. The van der Waals surface area contributed by atoms with Gasteiger partial charge in [-0.25, -0.2) is 0 Å². The average Bonchev–Trinajstić information content (AvgIpc) is 3.00. The van der Waals surface area contributed by atoms with Gasteiger partial charge in [-0.05, 0) is 31.4 Å². The number of hydrogen-bond acceptors (Lipinski definition) is 5. The van der Waals surface area contributed by atoms with E-state index in [0.717, 1.165) is 31.6 Å². The summed E-state index contributed by atoms with van der Waals surface area (Å²) in [6, 6.07) is 3.58. The molecule has 1 aliphatic heterocycles. The van der Waals surface area contributed by atoms with Gasteiger partial charge in [-0.1, -0.05) is 19.8 Å². The molecule has 0 spiro atoms. The second-order valence-corrected chi connectivity index (χ2v) is 4.93. The Morgan fingerprint density at radius 1 is 1.35 bits per heavy atom. The van der Waals surface area contributed by atoms with E-state index in [1.165, 1.54) is 12.8 Å². The molecule has 20 heavy (non-hydrogen) atoms. The lowest BCUT2D eigenvalue weighted by Gasteiger charge is -2.09. The lowest BCUT2D eigenvalue weighted by atomic mass is 10.2. The predicted molar refractivity (Wildman–Crippen MR) is 77.7 cm³/mol. The van der Waals surface area contributed by atoms with E-state index >= 15 is 0 Å². The maximum Gasteiger partial charge on any atom is 0.254 e. The zero-order chi connectivity index (χ0) is 14.2. The molecule has 6 heteroatoms. The van der Waals surface area contributed by atoms with Crippen molar-refractivity contribution in [3.8, 4) is 0 Å². The molecule has 0 bridgehead atoms. The molecular weight excluding hydrogens is 256 g/mol. The third-order valence-electron chi connectivity index (χ3n) is 3.22. The number of anilines is 2. The van der Waals surface area contributed by atoms with E-state index in [4.69, 9.17) is 4.74 Å². The van der Waals surface area contributed by atoms with Gasteiger partial charge in [0.1, 0.15) is 11.9 Å². The average molecular weight is 278 g/mol. The van der Waals surface area contributed by atoms with E-state index in [1.54, 1.807) is 6.07 Å². The van der Waals surface area contributed by atoms with Crippen LogP contribution in [0.2, 0.25) is 0 Å². The summed E-state index contributed by atoms with van der Waals surface area (Å²) in [6.45, 7) is 3.72. The van der Waals surface area contributed by atoms with Gasteiger partial charge < -0.3 is 15.4 Å². The number of rotatable bonds is 7. The Morgan fingerprint density at radius 3 is 2.80 bits per heavy atom. The van der Waals surface area contributed by atoms with Crippen LogP contribution in [0.5, 0.6) is 0 Å². The van der Waals surface area contributed by atoms with Crippen LogP contribution >= 0.6 is 0 Å². The van der Waals surface area contributed by atoms with E-state index in [2.05, 4.69) is 27.8 Å². The minimum atomic E-state index is -0.344. The summed E-state index contributed by atoms with van der Waals surface area (Å²) in [5, 5.41) is 14.0. The van der Waals surface area contributed by atoms with Crippen LogP contribution in [0.15, 0.2) is 12.1 Å². The van der Waals surface area contributed by atoms with E-state index in [0.29, 0.717) is 12.4 Å². The first-order valence-electron chi connectivity index (χ1n) is 7.29. The van der Waals surface area contributed by atoms with Crippen molar-refractivity contribution in [1.82, 2.24) is 10.2 Å². The number of nitrogens with zero attached hydrogens (tertiary/aromatic N) is 2. The number of aromatic nitrogens is 2. The van der Waals surface area contributed by atoms with Gasteiger partial charge in [0.2, 0.25) is 0 Å². The Hall–Kier alpha value is -1.69. The Morgan fingerprint density at radius 2 is 2.15 bits per heavy atom. The fourth-order valence-electron chi connectivity index (χ4n) is 2.08. The van der Waals surface area contributed by atoms with Crippen molar-refractivity contribution in [3.05, 3.63) is 12.1 Å². The lowest BCUT2D eigenvalue weighted by Crippen LogP contribution is -2.27. The molecule has 0 radical (unpaired) electrons. The molecule has 2 rings (SSSR count). The highest BCUT2D eigenvalue weighted by Crippen LogP contribution is 2.14. The molecule has 0 aromatic carbocycles. The number of nitrogens with one attached hydrogen (secondary N) is 2. The smallest absolute Gasteiger partial charge is 0.254 e. The maximum atomic E-state index is 11.8. The van der Waals surface area contributed by atoms with Gasteiger partial charge in [-0.2, -0.15) is 0 Å². The van der Waals surface area contributed by atoms with Crippen LogP contribution in [0.25, 0.3) is 0 Å². The number of amides is 1. The molecule has 1 aliphatic rings. The van der Waals surface area contributed by atoms with Gasteiger partial charge in [-0.15, -0.1) is 10.2 Å². The van der Waals surface area contributed by atoms with Crippen molar-refractivity contribution in [2.75, 3.05) is 23.8 Å². The van der Waals surface area contributed by atoms with Gasteiger partial charge in [0.15, 0.2) is 5.82 Å².